The van der Waals surface area contributed by atoms with Gasteiger partial charge in [0.2, 0.25) is 5.90 Å². The highest BCUT2D eigenvalue weighted by Gasteiger charge is 2.25. The van der Waals surface area contributed by atoms with Crippen LogP contribution in [0.25, 0.3) is 27.1 Å². The Balaban J connectivity index is 1.46. The van der Waals surface area contributed by atoms with E-state index in [1.165, 1.54) is 11.3 Å². The Morgan fingerprint density at radius 1 is 1.04 bits per heavy atom. The minimum atomic E-state index is -0.480. The van der Waals surface area contributed by atoms with Crippen LogP contribution < -0.4 is 0 Å². The lowest BCUT2D eigenvalue weighted by Gasteiger charge is -1.92. The molecule has 1 aliphatic heterocycles. The highest BCUT2D eigenvalue weighted by atomic mass is 32.1. The Labute approximate surface area is 155 Å². The van der Waals surface area contributed by atoms with E-state index in [2.05, 4.69) is 9.98 Å². The van der Waals surface area contributed by atoms with Crippen molar-refractivity contribution < 1.29 is 13.9 Å². The van der Waals surface area contributed by atoms with Crippen LogP contribution in [0, 0.1) is 0 Å². The fourth-order valence-corrected chi connectivity index (χ4v) is 4.15. The van der Waals surface area contributed by atoms with E-state index in [-0.39, 0.29) is 5.70 Å². The molecule has 0 fully saturated rings. The third-order valence-corrected chi connectivity index (χ3v) is 5.67. The number of cyclic esters (lactones) is 1. The van der Waals surface area contributed by atoms with Crippen LogP contribution in [-0.4, -0.2) is 16.9 Å². The van der Waals surface area contributed by atoms with Crippen molar-refractivity contribution in [1.82, 2.24) is 4.98 Å². The number of aliphatic imine (C=N–C) groups is 1. The molecule has 0 atom stereocenters. The molecule has 5 nitrogen and oxygen atoms in total. The number of benzene rings is 1. The summed E-state index contributed by atoms with van der Waals surface area (Å²) in [5.74, 6) is 1.04. The van der Waals surface area contributed by atoms with Gasteiger partial charge in [-0.2, -0.15) is 0 Å². The molecule has 4 aromatic rings. The monoisotopic (exact) mass is 378 g/mol. The maximum atomic E-state index is 12.0. The van der Waals surface area contributed by atoms with Crippen LogP contribution in [-0.2, 0) is 9.53 Å². The van der Waals surface area contributed by atoms with Gasteiger partial charge in [0.05, 0.1) is 15.1 Å². The lowest BCUT2D eigenvalue weighted by atomic mass is 10.3. The summed E-state index contributed by atoms with van der Waals surface area (Å²) < 4.78 is 12.2. The zero-order chi connectivity index (χ0) is 17.5. The minimum Gasteiger partial charge on any atom is -0.454 e. The highest BCUT2D eigenvalue weighted by molar-refractivity contribution is 7.21. The minimum absolute atomic E-state index is 0.221. The van der Waals surface area contributed by atoms with Crippen molar-refractivity contribution in [3.63, 3.8) is 0 Å². The van der Waals surface area contributed by atoms with E-state index in [9.17, 15) is 4.79 Å². The Morgan fingerprint density at radius 2 is 1.96 bits per heavy atom. The maximum absolute atomic E-state index is 12.0. The molecule has 3 aromatic heterocycles. The fourth-order valence-electron chi connectivity index (χ4n) is 2.57. The fraction of sp³-hybridized carbons (Fsp3) is 0. The van der Waals surface area contributed by atoms with Crippen molar-refractivity contribution in [2.45, 2.75) is 0 Å². The van der Waals surface area contributed by atoms with E-state index in [0.29, 0.717) is 17.4 Å². The number of rotatable bonds is 3. The predicted octanol–water partition coefficient (Wildman–Crippen LogP) is 4.96. The first-order valence-electron chi connectivity index (χ1n) is 7.78. The third kappa shape index (κ3) is 2.67. The van der Waals surface area contributed by atoms with E-state index < -0.39 is 5.97 Å². The first-order chi connectivity index (χ1) is 12.8. The van der Waals surface area contributed by atoms with Gasteiger partial charge in [-0.3, -0.25) is 0 Å². The maximum Gasteiger partial charge on any atom is 0.363 e. The average Bonchev–Trinajstić information content (AvgIpc) is 3.42. The summed E-state index contributed by atoms with van der Waals surface area (Å²) in [6.07, 6.45) is 1.58. The number of fused-ring (bicyclic) bond motifs is 1. The van der Waals surface area contributed by atoms with Gasteiger partial charge in [-0.05, 0) is 35.7 Å². The zero-order valence-electron chi connectivity index (χ0n) is 13.2. The van der Waals surface area contributed by atoms with Crippen molar-refractivity contribution in [2.75, 3.05) is 0 Å². The number of para-hydroxylation sites is 1. The predicted molar refractivity (Wildman–Crippen MR) is 102 cm³/mol. The molecule has 0 spiro atoms. The van der Waals surface area contributed by atoms with Gasteiger partial charge < -0.3 is 9.15 Å². The highest BCUT2D eigenvalue weighted by Crippen LogP contribution is 2.32. The van der Waals surface area contributed by atoms with Gasteiger partial charge in [0.25, 0.3) is 0 Å². The standard InChI is InChI=1S/C19H10N2O3S2/c22-19-13(20-17(24-19)16-6-3-9-25-16)10-11-7-8-14(23-11)18-21-12-4-1-2-5-15(12)26-18/h1-10H/b13-10-. The number of carbonyl (C=O) groups is 1. The van der Waals surface area contributed by atoms with Gasteiger partial charge in [0.1, 0.15) is 5.76 Å². The molecule has 0 radical (unpaired) electrons. The lowest BCUT2D eigenvalue weighted by Crippen LogP contribution is -2.03. The number of aromatic nitrogens is 1. The average molecular weight is 378 g/mol. The van der Waals surface area contributed by atoms with Crippen molar-refractivity contribution in [1.29, 1.82) is 0 Å². The molecule has 1 aromatic carbocycles. The smallest absolute Gasteiger partial charge is 0.363 e. The Morgan fingerprint density at radius 3 is 2.81 bits per heavy atom. The molecule has 5 rings (SSSR count). The second-order valence-corrected chi connectivity index (χ2v) is 7.48. The number of esters is 1. The van der Waals surface area contributed by atoms with E-state index >= 15 is 0 Å². The molecule has 0 aliphatic carbocycles. The molecule has 0 bridgehead atoms. The molecule has 7 heteroatoms. The van der Waals surface area contributed by atoms with E-state index in [1.807, 2.05) is 47.8 Å². The number of ether oxygens (including phenoxy) is 1. The number of thiazole rings is 1. The van der Waals surface area contributed by atoms with Crippen LogP contribution in [0.5, 0.6) is 0 Å². The van der Waals surface area contributed by atoms with Gasteiger partial charge in [0, 0.05) is 6.08 Å². The summed E-state index contributed by atoms with van der Waals surface area (Å²) in [4.78, 5) is 21.7. The molecular formula is C19H10N2O3S2. The summed E-state index contributed by atoms with van der Waals surface area (Å²) in [5.41, 5.74) is 1.16. The molecule has 26 heavy (non-hydrogen) atoms. The normalized spacial score (nSPS) is 15.6. The van der Waals surface area contributed by atoms with Crippen LogP contribution in [0.1, 0.15) is 10.6 Å². The second kappa shape index (κ2) is 6.05. The number of furan rings is 1. The first-order valence-corrected chi connectivity index (χ1v) is 9.48. The molecule has 0 amide bonds. The largest absolute Gasteiger partial charge is 0.454 e. The lowest BCUT2D eigenvalue weighted by molar-refractivity contribution is -0.129. The molecular weight excluding hydrogens is 368 g/mol. The summed E-state index contributed by atoms with van der Waals surface area (Å²) >= 11 is 3.03. The van der Waals surface area contributed by atoms with Crippen LogP contribution >= 0.6 is 22.7 Å². The van der Waals surface area contributed by atoms with Crippen molar-refractivity contribution in [3.05, 3.63) is 70.2 Å². The number of carbonyl (C=O) groups excluding carboxylic acids is 1. The van der Waals surface area contributed by atoms with Gasteiger partial charge in [-0.1, -0.05) is 18.2 Å². The molecule has 4 heterocycles. The van der Waals surface area contributed by atoms with Crippen LogP contribution in [0.4, 0.5) is 0 Å². The number of nitrogens with zero attached hydrogens (tertiary/aromatic N) is 2. The second-order valence-electron chi connectivity index (χ2n) is 5.50. The summed E-state index contributed by atoms with van der Waals surface area (Å²) in [6, 6.07) is 15.3. The summed E-state index contributed by atoms with van der Waals surface area (Å²) in [7, 11) is 0. The van der Waals surface area contributed by atoms with E-state index in [0.717, 1.165) is 20.1 Å². The van der Waals surface area contributed by atoms with Gasteiger partial charge >= 0.3 is 5.97 Å². The van der Waals surface area contributed by atoms with Crippen LogP contribution in [0.2, 0.25) is 0 Å². The van der Waals surface area contributed by atoms with Crippen LogP contribution in [0.15, 0.2) is 69.0 Å². The molecule has 126 valence electrons. The SMILES string of the molecule is O=C1OC(c2cccs2)=N/C1=C\c1ccc(-c2nc3ccccc3s2)o1. The Bertz CT molecular complexity index is 1150. The van der Waals surface area contributed by atoms with E-state index in [4.69, 9.17) is 9.15 Å². The van der Waals surface area contributed by atoms with Crippen LogP contribution in [0.3, 0.4) is 0 Å². The first kappa shape index (κ1) is 15.2. The van der Waals surface area contributed by atoms with Gasteiger partial charge in [-0.15, -0.1) is 22.7 Å². The number of hydrogen-bond donors (Lipinski definition) is 0. The third-order valence-electron chi connectivity index (χ3n) is 3.76. The van der Waals surface area contributed by atoms with E-state index in [1.54, 1.807) is 23.5 Å². The number of thiophene rings is 1. The molecule has 0 saturated carbocycles. The molecule has 0 unspecified atom stereocenters. The molecule has 0 N–H and O–H groups in total. The summed E-state index contributed by atoms with van der Waals surface area (Å²) in [6.45, 7) is 0. The summed E-state index contributed by atoms with van der Waals surface area (Å²) in [5, 5.41) is 2.71. The van der Waals surface area contributed by atoms with Gasteiger partial charge in [-0.25, -0.2) is 14.8 Å². The number of hydrogen-bond acceptors (Lipinski definition) is 7. The van der Waals surface area contributed by atoms with Crippen molar-refractivity contribution in [2.24, 2.45) is 4.99 Å². The zero-order valence-corrected chi connectivity index (χ0v) is 14.8. The quantitative estimate of drug-likeness (QED) is 0.373. The molecule has 1 aliphatic rings. The molecule has 0 saturated heterocycles. The van der Waals surface area contributed by atoms with Gasteiger partial charge in [0.15, 0.2) is 16.5 Å². The topological polar surface area (TPSA) is 64.7 Å². The van der Waals surface area contributed by atoms with Crippen molar-refractivity contribution >= 4 is 50.8 Å². The van der Waals surface area contributed by atoms with Crippen molar-refractivity contribution in [3.8, 4) is 10.8 Å². The Hall–Kier alpha value is -3.03. The Kier molecular flexibility index (Phi) is 3.55.